The highest BCUT2D eigenvalue weighted by Gasteiger charge is 2.56. The minimum Gasteiger partial charge on any atom is -0.492 e. The molecular formula is C21H29N3OS. The largest absolute Gasteiger partial charge is 0.492 e. The summed E-state index contributed by atoms with van der Waals surface area (Å²) in [7, 11) is 0. The van der Waals surface area contributed by atoms with Crippen LogP contribution in [0, 0.1) is 19.3 Å². The summed E-state index contributed by atoms with van der Waals surface area (Å²) in [5.74, 6) is 1.05. The van der Waals surface area contributed by atoms with Crippen LogP contribution < -0.4 is 10.1 Å². The summed E-state index contributed by atoms with van der Waals surface area (Å²) < 4.78 is 6.20. The lowest BCUT2D eigenvalue weighted by molar-refractivity contribution is 0.161. The molecule has 1 aliphatic carbocycles. The molecule has 2 fully saturated rings. The van der Waals surface area contributed by atoms with Crippen molar-refractivity contribution in [3.63, 3.8) is 0 Å². The molecule has 2 aromatic rings. The second-order valence-corrected chi connectivity index (χ2v) is 8.78. The van der Waals surface area contributed by atoms with Crippen molar-refractivity contribution in [3.05, 3.63) is 45.9 Å². The highest BCUT2D eigenvalue weighted by molar-refractivity contribution is 7.09. The summed E-state index contributed by atoms with van der Waals surface area (Å²) >= 11 is 1.76. The monoisotopic (exact) mass is 371 g/mol. The number of para-hydroxylation sites is 1. The Hall–Kier alpha value is -1.43. The molecule has 1 atom stereocenters. The highest BCUT2D eigenvalue weighted by Crippen LogP contribution is 2.56. The Labute approximate surface area is 160 Å². The first-order chi connectivity index (χ1) is 12.7. The Morgan fingerprint density at radius 1 is 1.27 bits per heavy atom. The van der Waals surface area contributed by atoms with Crippen molar-refractivity contribution in [1.29, 1.82) is 0 Å². The van der Waals surface area contributed by atoms with Crippen LogP contribution in [0.4, 0.5) is 0 Å². The van der Waals surface area contributed by atoms with Gasteiger partial charge in [-0.05, 0) is 62.7 Å². The molecule has 1 unspecified atom stereocenters. The zero-order valence-electron chi connectivity index (χ0n) is 15.8. The molecule has 2 heterocycles. The summed E-state index contributed by atoms with van der Waals surface area (Å²) in [4.78, 5) is 7.14. The first kappa shape index (κ1) is 18.0. The van der Waals surface area contributed by atoms with E-state index >= 15 is 0 Å². The van der Waals surface area contributed by atoms with Crippen molar-refractivity contribution >= 4 is 11.3 Å². The van der Waals surface area contributed by atoms with Gasteiger partial charge in [0.15, 0.2) is 0 Å². The fourth-order valence-electron chi connectivity index (χ4n) is 4.45. The fourth-order valence-corrected chi connectivity index (χ4v) is 5.09. The summed E-state index contributed by atoms with van der Waals surface area (Å²) in [5, 5.41) is 6.80. The van der Waals surface area contributed by atoms with Gasteiger partial charge in [0.25, 0.3) is 0 Å². The smallest absolute Gasteiger partial charge is 0.125 e. The first-order valence-corrected chi connectivity index (χ1v) is 10.6. The summed E-state index contributed by atoms with van der Waals surface area (Å²) in [6, 6.07) is 7.04. The molecule has 4 rings (SSSR count). The van der Waals surface area contributed by atoms with Crippen LogP contribution in [-0.2, 0) is 6.54 Å². The van der Waals surface area contributed by atoms with E-state index in [0.29, 0.717) is 11.5 Å². The molecule has 0 radical (unpaired) electrons. The molecule has 140 valence electrons. The highest BCUT2D eigenvalue weighted by atomic mass is 32.1. The average Bonchev–Trinajstić information content (AvgIpc) is 3.07. The number of benzene rings is 1. The predicted molar refractivity (Wildman–Crippen MR) is 107 cm³/mol. The standard InChI is InChI=1S/C21H29N3OS/c1-16-4-3-5-17(2)20(16)25-12-11-24(15-19-23-10-13-26-19)18-14-21(18)6-8-22-9-7-21/h3-5,10,13,18,22H,6-9,11-12,14-15H2,1-2H3. The van der Waals surface area contributed by atoms with Crippen LogP contribution in [0.15, 0.2) is 29.8 Å². The van der Waals surface area contributed by atoms with E-state index in [1.165, 1.54) is 48.5 Å². The molecular weight excluding hydrogens is 342 g/mol. The van der Waals surface area contributed by atoms with Gasteiger partial charge >= 0.3 is 0 Å². The first-order valence-electron chi connectivity index (χ1n) is 9.70. The number of thiazole rings is 1. The van der Waals surface area contributed by atoms with E-state index in [1.54, 1.807) is 11.3 Å². The van der Waals surface area contributed by atoms with E-state index in [-0.39, 0.29) is 0 Å². The summed E-state index contributed by atoms with van der Waals surface area (Å²) in [6.07, 6.45) is 5.87. The molecule has 1 N–H and O–H groups in total. The van der Waals surface area contributed by atoms with Gasteiger partial charge in [0, 0.05) is 24.2 Å². The molecule has 4 nitrogen and oxygen atoms in total. The lowest BCUT2D eigenvalue weighted by Crippen LogP contribution is -2.37. The number of rotatable bonds is 7. The van der Waals surface area contributed by atoms with E-state index in [0.717, 1.165) is 25.4 Å². The third-order valence-corrected chi connectivity index (χ3v) is 6.81. The Morgan fingerprint density at radius 2 is 2.04 bits per heavy atom. The third kappa shape index (κ3) is 3.80. The molecule has 1 spiro atoms. The molecule has 2 aliphatic rings. The van der Waals surface area contributed by atoms with E-state index in [1.807, 2.05) is 6.20 Å². The van der Waals surface area contributed by atoms with Crippen LogP contribution in [0.1, 0.15) is 35.4 Å². The lowest BCUT2D eigenvalue weighted by atomic mass is 9.93. The van der Waals surface area contributed by atoms with Crippen LogP contribution in [0.2, 0.25) is 0 Å². The summed E-state index contributed by atoms with van der Waals surface area (Å²) in [5.41, 5.74) is 2.98. The van der Waals surface area contributed by atoms with Gasteiger partial charge < -0.3 is 10.1 Å². The molecule has 1 saturated carbocycles. The van der Waals surface area contributed by atoms with E-state index < -0.39 is 0 Å². The number of nitrogens with zero attached hydrogens (tertiary/aromatic N) is 2. The van der Waals surface area contributed by atoms with Crippen LogP contribution in [-0.4, -0.2) is 42.2 Å². The summed E-state index contributed by atoms with van der Waals surface area (Å²) in [6.45, 7) is 9.24. The maximum atomic E-state index is 6.20. The van der Waals surface area contributed by atoms with Gasteiger partial charge in [0.2, 0.25) is 0 Å². The van der Waals surface area contributed by atoms with Crippen molar-refractivity contribution in [2.45, 2.75) is 45.7 Å². The second kappa shape index (κ2) is 7.67. The number of piperidine rings is 1. The van der Waals surface area contributed by atoms with Gasteiger partial charge in [-0.1, -0.05) is 18.2 Å². The molecule has 5 heteroatoms. The fraction of sp³-hybridized carbons (Fsp3) is 0.571. The Bertz CT molecular complexity index is 705. The van der Waals surface area contributed by atoms with E-state index in [9.17, 15) is 0 Å². The van der Waals surface area contributed by atoms with Crippen molar-refractivity contribution in [2.24, 2.45) is 5.41 Å². The minimum absolute atomic E-state index is 0.543. The number of ether oxygens (including phenoxy) is 1. The number of aromatic nitrogens is 1. The van der Waals surface area contributed by atoms with Crippen LogP contribution >= 0.6 is 11.3 Å². The molecule has 1 saturated heterocycles. The molecule has 0 bridgehead atoms. The van der Waals surface area contributed by atoms with Gasteiger partial charge in [-0.2, -0.15) is 0 Å². The zero-order chi connectivity index (χ0) is 18.0. The van der Waals surface area contributed by atoms with Crippen molar-refractivity contribution < 1.29 is 4.74 Å². The molecule has 26 heavy (non-hydrogen) atoms. The number of hydrogen-bond acceptors (Lipinski definition) is 5. The number of hydrogen-bond donors (Lipinski definition) is 1. The lowest BCUT2D eigenvalue weighted by Gasteiger charge is -2.29. The maximum absolute atomic E-state index is 6.20. The maximum Gasteiger partial charge on any atom is 0.125 e. The van der Waals surface area contributed by atoms with Gasteiger partial charge in [0.1, 0.15) is 17.4 Å². The topological polar surface area (TPSA) is 37.4 Å². The van der Waals surface area contributed by atoms with Gasteiger partial charge in [-0.3, -0.25) is 4.90 Å². The number of aryl methyl sites for hydroxylation is 2. The van der Waals surface area contributed by atoms with Gasteiger partial charge in [0.05, 0.1) is 6.54 Å². The predicted octanol–water partition coefficient (Wildman–Crippen LogP) is 3.78. The second-order valence-electron chi connectivity index (χ2n) is 7.80. The molecule has 1 aromatic heterocycles. The molecule has 0 amide bonds. The van der Waals surface area contributed by atoms with Crippen LogP contribution in [0.5, 0.6) is 5.75 Å². The SMILES string of the molecule is Cc1cccc(C)c1OCCN(Cc1nccs1)C1CC12CCNCC2. The van der Waals surface area contributed by atoms with E-state index in [2.05, 4.69) is 52.6 Å². The normalized spacial score (nSPS) is 21.3. The van der Waals surface area contributed by atoms with Gasteiger partial charge in [-0.25, -0.2) is 4.98 Å². The molecule has 1 aromatic carbocycles. The Kier molecular flexibility index (Phi) is 5.30. The number of nitrogens with one attached hydrogen (secondary N) is 1. The zero-order valence-corrected chi connectivity index (χ0v) is 16.6. The van der Waals surface area contributed by atoms with E-state index in [4.69, 9.17) is 4.74 Å². The quantitative estimate of drug-likeness (QED) is 0.804. The average molecular weight is 372 g/mol. The van der Waals surface area contributed by atoms with Crippen molar-refractivity contribution in [2.75, 3.05) is 26.2 Å². The minimum atomic E-state index is 0.543. The van der Waals surface area contributed by atoms with Crippen LogP contribution in [0.3, 0.4) is 0 Å². The Morgan fingerprint density at radius 3 is 2.73 bits per heavy atom. The Balaban J connectivity index is 1.40. The van der Waals surface area contributed by atoms with Crippen molar-refractivity contribution in [1.82, 2.24) is 15.2 Å². The van der Waals surface area contributed by atoms with Crippen LogP contribution in [0.25, 0.3) is 0 Å². The molecule has 1 aliphatic heterocycles. The third-order valence-electron chi connectivity index (χ3n) is 6.04. The van der Waals surface area contributed by atoms with Gasteiger partial charge in [-0.15, -0.1) is 11.3 Å². The van der Waals surface area contributed by atoms with Crippen molar-refractivity contribution in [3.8, 4) is 5.75 Å².